The molecule has 1 saturated heterocycles. The van der Waals surface area contributed by atoms with Crippen LogP contribution in [0.3, 0.4) is 0 Å². The van der Waals surface area contributed by atoms with Gasteiger partial charge >= 0.3 is 5.69 Å². The molecule has 0 aliphatic carbocycles. The number of benzene rings is 1. The molecule has 2 aromatic rings. The minimum absolute atomic E-state index is 0.0439. The van der Waals surface area contributed by atoms with E-state index in [9.17, 15) is 19.7 Å². The summed E-state index contributed by atoms with van der Waals surface area (Å²) in [6, 6.07) is 8.04. The van der Waals surface area contributed by atoms with Crippen molar-refractivity contribution < 1.29 is 19.2 Å². The molecule has 1 aliphatic heterocycles. The first kappa shape index (κ1) is 21.8. The molecule has 0 atom stereocenters. The maximum Gasteiger partial charge on any atom is 0.311 e. The van der Waals surface area contributed by atoms with Gasteiger partial charge in [0.05, 0.1) is 16.9 Å². The van der Waals surface area contributed by atoms with Gasteiger partial charge in [-0.3, -0.25) is 19.7 Å². The normalized spacial score (nSPS) is 14.4. The molecule has 0 radical (unpaired) electrons. The summed E-state index contributed by atoms with van der Waals surface area (Å²) in [5, 5.41) is 13.1. The molecule has 1 fully saturated rings. The molecular weight excluding hydrogens is 406 g/mol. The Balaban J connectivity index is 1.68. The second-order valence-electron chi connectivity index (χ2n) is 7.14. The minimum atomic E-state index is -0.555. The summed E-state index contributed by atoms with van der Waals surface area (Å²) < 4.78 is 5.00. The van der Waals surface area contributed by atoms with Crippen molar-refractivity contribution in [3.63, 3.8) is 0 Å². The number of rotatable bonds is 7. The summed E-state index contributed by atoms with van der Waals surface area (Å²) in [7, 11) is 1.36. The molecule has 3 rings (SSSR count). The van der Waals surface area contributed by atoms with Gasteiger partial charge in [0, 0.05) is 37.3 Å². The van der Waals surface area contributed by atoms with Gasteiger partial charge in [0.2, 0.25) is 0 Å². The lowest BCUT2D eigenvalue weighted by Gasteiger charge is -2.38. The van der Waals surface area contributed by atoms with E-state index in [0.717, 1.165) is 11.3 Å². The summed E-state index contributed by atoms with van der Waals surface area (Å²) in [6.45, 7) is 3.73. The summed E-state index contributed by atoms with van der Waals surface area (Å²) in [5.41, 5.74) is 0.0370. The topological polar surface area (TPSA) is 93.0 Å². The van der Waals surface area contributed by atoms with Gasteiger partial charge in [-0.1, -0.05) is 13.0 Å². The molecule has 2 heterocycles. The Kier molecular flexibility index (Phi) is 7.04. The second kappa shape index (κ2) is 9.71. The molecule has 0 spiro atoms. The number of methoxy groups -OCH3 is 1. The number of amides is 2. The fourth-order valence-electron chi connectivity index (χ4n) is 3.76. The molecule has 0 bridgehead atoms. The first-order valence-corrected chi connectivity index (χ1v) is 10.8. The van der Waals surface area contributed by atoms with Crippen molar-refractivity contribution in [2.24, 2.45) is 0 Å². The van der Waals surface area contributed by atoms with E-state index in [1.807, 2.05) is 29.3 Å². The van der Waals surface area contributed by atoms with Crippen molar-refractivity contribution in [3.05, 3.63) is 56.3 Å². The van der Waals surface area contributed by atoms with Crippen LogP contribution in [0.25, 0.3) is 0 Å². The third kappa shape index (κ3) is 4.62. The average Bonchev–Trinajstić information content (AvgIpc) is 3.31. The van der Waals surface area contributed by atoms with E-state index in [1.54, 1.807) is 11.0 Å². The number of nitro groups is 1. The summed E-state index contributed by atoms with van der Waals surface area (Å²) >= 11 is 1.44. The van der Waals surface area contributed by atoms with Crippen LogP contribution < -0.4 is 4.74 Å². The second-order valence-corrected chi connectivity index (χ2v) is 8.09. The molecule has 1 aromatic heterocycles. The molecule has 0 N–H and O–H groups in total. The van der Waals surface area contributed by atoms with Gasteiger partial charge in [0.1, 0.15) is 0 Å². The number of ether oxygens (including phenoxy) is 1. The van der Waals surface area contributed by atoms with Crippen LogP contribution in [-0.2, 0) is 0 Å². The zero-order valence-electron chi connectivity index (χ0n) is 17.1. The Morgan fingerprint density at radius 3 is 2.60 bits per heavy atom. The molecule has 9 heteroatoms. The van der Waals surface area contributed by atoms with E-state index < -0.39 is 4.92 Å². The van der Waals surface area contributed by atoms with E-state index in [2.05, 4.69) is 0 Å². The van der Waals surface area contributed by atoms with Crippen LogP contribution in [0.2, 0.25) is 0 Å². The number of likely N-dealkylation sites (tertiary alicyclic amines) is 1. The highest BCUT2D eigenvalue weighted by molar-refractivity contribution is 7.12. The van der Waals surface area contributed by atoms with Gasteiger partial charge in [-0.15, -0.1) is 11.3 Å². The van der Waals surface area contributed by atoms with Crippen molar-refractivity contribution >= 4 is 28.8 Å². The number of carbonyl (C=O) groups is 2. The molecule has 1 aliphatic rings. The quantitative estimate of drug-likeness (QED) is 0.491. The van der Waals surface area contributed by atoms with Gasteiger partial charge < -0.3 is 14.5 Å². The van der Waals surface area contributed by atoms with Crippen LogP contribution in [0, 0.1) is 10.1 Å². The van der Waals surface area contributed by atoms with E-state index in [4.69, 9.17) is 4.74 Å². The van der Waals surface area contributed by atoms with Crippen molar-refractivity contribution in [2.75, 3.05) is 26.7 Å². The van der Waals surface area contributed by atoms with Crippen LogP contribution in [0.1, 0.15) is 46.2 Å². The van der Waals surface area contributed by atoms with E-state index >= 15 is 0 Å². The number of hydrogen-bond donors (Lipinski definition) is 0. The number of carbonyl (C=O) groups excluding carboxylic acids is 2. The fraction of sp³-hybridized carbons (Fsp3) is 0.429. The third-order valence-corrected chi connectivity index (χ3v) is 6.13. The van der Waals surface area contributed by atoms with E-state index in [-0.39, 0.29) is 34.9 Å². The smallest absolute Gasteiger partial charge is 0.311 e. The fourth-order valence-corrected chi connectivity index (χ4v) is 4.44. The highest BCUT2D eigenvalue weighted by atomic mass is 32.1. The number of nitro benzene ring substituents is 1. The first-order valence-electron chi connectivity index (χ1n) is 9.92. The summed E-state index contributed by atoms with van der Waals surface area (Å²) in [5.74, 6) is -0.0780. The molecule has 8 nitrogen and oxygen atoms in total. The van der Waals surface area contributed by atoms with Crippen LogP contribution in [-0.4, -0.2) is 59.3 Å². The Morgan fingerprint density at radius 1 is 1.30 bits per heavy atom. The monoisotopic (exact) mass is 431 g/mol. The van der Waals surface area contributed by atoms with E-state index in [1.165, 1.54) is 30.6 Å². The maximum atomic E-state index is 12.9. The van der Waals surface area contributed by atoms with E-state index in [0.29, 0.717) is 32.5 Å². The van der Waals surface area contributed by atoms with Gasteiger partial charge in [-0.05, 0) is 42.8 Å². The standard InChI is InChI=1S/C21H25N3O5S/c1-3-10-23(21(26)19-5-4-13-30-19)16-8-11-22(12-9-16)20(25)15-6-7-18(29-2)17(14-15)24(27)28/h4-7,13-14,16H,3,8-12H2,1-2H3. The Labute approximate surface area is 179 Å². The molecule has 160 valence electrons. The highest BCUT2D eigenvalue weighted by Crippen LogP contribution is 2.29. The lowest BCUT2D eigenvalue weighted by Crippen LogP contribution is -2.49. The van der Waals surface area contributed by atoms with Crippen LogP contribution >= 0.6 is 11.3 Å². The molecule has 0 saturated carbocycles. The highest BCUT2D eigenvalue weighted by Gasteiger charge is 2.31. The number of nitrogens with zero attached hydrogens (tertiary/aromatic N) is 3. The van der Waals surface area contributed by atoms with Crippen LogP contribution in [0.15, 0.2) is 35.7 Å². The SMILES string of the molecule is CCCN(C(=O)c1cccs1)C1CCN(C(=O)c2ccc(OC)c([N+](=O)[O-])c2)CC1. The van der Waals surface area contributed by atoms with Crippen molar-refractivity contribution in [1.29, 1.82) is 0 Å². The Morgan fingerprint density at radius 2 is 2.03 bits per heavy atom. The van der Waals surface area contributed by atoms with Gasteiger partial charge in [0.25, 0.3) is 11.8 Å². The van der Waals surface area contributed by atoms with Crippen LogP contribution in [0.4, 0.5) is 5.69 Å². The van der Waals surface area contributed by atoms with Crippen LogP contribution in [0.5, 0.6) is 5.75 Å². The molecule has 1 aromatic carbocycles. The molecular formula is C21H25N3O5S. The summed E-state index contributed by atoms with van der Waals surface area (Å²) in [4.78, 5) is 40.8. The predicted octanol–water partition coefficient (Wildman–Crippen LogP) is 3.82. The van der Waals surface area contributed by atoms with Crippen molar-refractivity contribution in [1.82, 2.24) is 9.80 Å². The van der Waals surface area contributed by atoms with Gasteiger partial charge in [-0.25, -0.2) is 0 Å². The van der Waals surface area contributed by atoms with Gasteiger partial charge in [-0.2, -0.15) is 0 Å². The zero-order chi connectivity index (χ0) is 21.7. The third-order valence-electron chi connectivity index (χ3n) is 5.27. The van der Waals surface area contributed by atoms with Crippen molar-refractivity contribution in [2.45, 2.75) is 32.2 Å². The zero-order valence-corrected chi connectivity index (χ0v) is 17.9. The molecule has 30 heavy (non-hydrogen) atoms. The number of hydrogen-bond acceptors (Lipinski definition) is 6. The molecule has 2 amide bonds. The number of piperidine rings is 1. The lowest BCUT2D eigenvalue weighted by atomic mass is 10.0. The average molecular weight is 432 g/mol. The molecule has 0 unspecified atom stereocenters. The Bertz CT molecular complexity index is 907. The van der Waals surface area contributed by atoms with Crippen molar-refractivity contribution in [3.8, 4) is 5.75 Å². The minimum Gasteiger partial charge on any atom is -0.490 e. The summed E-state index contributed by atoms with van der Waals surface area (Å²) in [6.07, 6.45) is 2.23. The predicted molar refractivity (Wildman–Crippen MR) is 114 cm³/mol. The number of thiophene rings is 1. The first-order chi connectivity index (χ1) is 14.5. The maximum absolute atomic E-state index is 12.9. The Hall–Kier alpha value is -2.94. The van der Waals surface area contributed by atoms with Gasteiger partial charge in [0.15, 0.2) is 5.75 Å². The largest absolute Gasteiger partial charge is 0.490 e. The lowest BCUT2D eigenvalue weighted by molar-refractivity contribution is -0.385.